The third-order valence-corrected chi connectivity index (χ3v) is 2.43. The van der Waals surface area contributed by atoms with E-state index in [0.717, 1.165) is 0 Å². The first kappa shape index (κ1) is 13.1. The van der Waals surface area contributed by atoms with Gasteiger partial charge in [0.05, 0.1) is 12.2 Å². The number of carbonyl (C=O) groups excluding carboxylic acids is 1. The summed E-state index contributed by atoms with van der Waals surface area (Å²) in [5.74, 6) is -0.0995. The maximum Gasteiger partial charge on any atom is 0.343 e. The number of para-hydroxylation sites is 2. The van der Waals surface area contributed by atoms with Crippen molar-refractivity contribution in [2.75, 3.05) is 6.61 Å². The van der Waals surface area contributed by atoms with E-state index in [9.17, 15) is 9.18 Å². The van der Waals surface area contributed by atoms with E-state index in [1.54, 1.807) is 24.3 Å². The molecule has 0 radical (unpaired) electrons. The van der Waals surface area contributed by atoms with Gasteiger partial charge in [-0.3, -0.25) is 0 Å². The molecule has 2 aromatic rings. The minimum absolute atomic E-state index is 0.285. The second-order valence-electron chi connectivity index (χ2n) is 3.78. The van der Waals surface area contributed by atoms with E-state index < -0.39 is 11.8 Å². The van der Waals surface area contributed by atoms with E-state index in [4.69, 9.17) is 9.47 Å². The quantitative estimate of drug-likeness (QED) is 0.624. The molecule has 0 aliphatic heterocycles. The monoisotopic (exact) mass is 260 g/mol. The minimum Gasteiger partial charge on any atom is -0.490 e. The standard InChI is InChI=1S/C15H13FO3/c1-2-18-13-5-3-4-6-14(13)19-15(17)11-7-9-12(16)10-8-11/h3-10H,2H2,1H3. The number of carbonyl (C=O) groups is 1. The molecule has 0 bridgehead atoms. The molecule has 0 aliphatic carbocycles. The Kier molecular flexibility index (Phi) is 4.13. The SMILES string of the molecule is CCOc1ccccc1OC(=O)c1ccc(F)cc1. The fourth-order valence-corrected chi connectivity index (χ4v) is 1.55. The molecule has 4 heteroatoms. The van der Waals surface area contributed by atoms with E-state index in [2.05, 4.69) is 0 Å². The van der Waals surface area contributed by atoms with Crippen molar-refractivity contribution in [3.05, 3.63) is 59.9 Å². The second kappa shape index (κ2) is 6.00. The van der Waals surface area contributed by atoms with E-state index in [1.807, 2.05) is 6.92 Å². The van der Waals surface area contributed by atoms with E-state index in [1.165, 1.54) is 24.3 Å². The van der Waals surface area contributed by atoms with Crippen LogP contribution in [0.5, 0.6) is 11.5 Å². The molecule has 0 amide bonds. The molecule has 2 rings (SSSR count). The Bertz CT molecular complexity index is 564. The summed E-state index contributed by atoms with van der Waals surface area (Å²) in [5.41, 5.74) is 0.285. The highest BCUT2D eigenvalue weighted by molar-refractivity contribution is 5.91. The Morgan fingerprint density at radius 2 is 1.68 bits per heavy atom. The first-order chi connectivity index (χ1) is 9.20. The lowest BCUT2D eigenvalue weighted by molar-refractivity contribution is 0.0728. The van der Waals surface area contributed by atoms with Crippen molar-refractivity contribution < 1.29 is 18.7 Å². The van der Waals surface area contributed by atoms with Gasteiger partial charge < -0.3 is 9.47 Å². The van der Waals surface area contributed by atoms with Crippen molar-refractivity contribution in [3.8, 4) is 11.5 Å². The lowest BCUT2D eigenvalue weighted by Crippen LogP contribution is -2.09. The predicted molar refractivity (Wildman–Crippen MR) is 69.0 cm³/mol. The van der Waals surface area contributed by atoms with E-state index in [-0.39, 0.29) is 5.56 Å². The van der Waals surface area contributed by atoms with Crippen LogP contribution in [0, 0.1) is 5.82 Å². The maximum absolute atomic E-state index is 12.8. The predicted octanol–water partition coefficient (Wildman–Crippen LogP) is 3.44. The molecule has 3 nitrogen and oxygen atoms in total. The van der Waals surface area contributed by atoms with Crippen LogP contribution in [-0.4, -0.2) is 12.6 Å². The molecule has 98 valence electrons. The Hall–Kier alpha value is -2.36. The van der Waals surface area contributed by atoms with Gasteiger partial charge in [0.2, 0.25) is 0 Å². The number of rotatable bonds is 4. The molecule has 0 fully saturated rings. The number of benzene rings is 2. The molecule has 0 spiro atoms. The van der Waals surface area contributed by atoms with Gasteiger partial charge in [-0.1, -0.05) is 12.1 Å². The van der Waals surface area contributed by atoms with Crippen LogP contribution in [0.4, 0.5) is 4.39 Å². The van der Waals surface area contributed by atoms with Crippen LogP contribution in [-0.2, 0) is 0 Å². The molecule has 2 aromatic carbocycles. The average Bonchev–Trinajstić information content (AvgIpc) is 2.42. The van der Waals surface area contributed by atoms with Crippen LogP contribution in [0.25, 0.3) is 0 Å². The van der Waals surface area contributed by atoms with Gasteiger partial charge in [-0.2, -0.15) is 0 Å². The molecule has 0 atom stereocenters. The first-order valence-electron chi connectivity index (χ1n) is 5.90. The van der Waals surface area contributed by atoms with E-state index >= 15 is 0 Å². The first-order valence-corrected chi connectivity index (χ1v) is 5.90. The smallest absolute Gasteiger partial charge is 0.343 e. The van der Waals surface area contributed by atoms with Crippen LogP contribution < -0.4 is 9.47 Å². The number of halogens is 1. The summed E-state index contributed by atoms with van der Waals surface area (Å²) in [4.78, 5) is 11.9. The zero-order chi connectivity index (χ0) is 13.7. The zero-order valence-electron chi connectivity index (χ0n) is 10.4. The number of esters is 1. The van der Waals surface area contributed by atoms with Gasteiger partial charge in [0.15, 0.2) is 11.5 Å². The fraction of sp³-hybridized carbons (Fsp3) is 0.133. The highest BCUT2D eigenvalue weighted by Gasteiger charge is 2.11. The van der Waals surface area contributed by atoms with Gasteiger partial charge >= 0.3 is 5.97 Å². The Balaban J connectivity index is 2.16. The Morgan fingerprint density at radius 3 is 2.32 bits per heavy atom. The average molecular weight is 260 g/mol. The van der Waals surface area contributed by atoms with Crippen molar-refractivity contribution in [3.63, 3.8) is 0 Å². The van der Waals surface area contributed by atoms with Gasteiger partial charge in [-0.05, 0) is 43.3 Å². The Labute approximate surface area is 110 Å². The maximum atomic E-state index is 12.8. The number of hydrogen-bond acceptors (Lipinski definition) is 3. The molecule has 0 heterocycles. The summed E-state index contributed by atoms with van der Waals surface area (Å²) in [6, 6.07) is 12.1. The number of ether oxygens (including phenoxy) is 2. The summed E-state index contributed by atoms with van der Waals surface area (Å²) >= 11 is 0. The summed E-state index contributed by atoms with van der Waals surface area (Å²) in [5, 5.41) is 0. The zero-order valence-corrected chi connectivity index (χ0v) is 10.4. The van der Waals surface area contributed by atoms with Gasteiger partial charge in [0, 0.05) is 0 Å². The molecule has 0 saturated heterocycles. The highest BCUT2D eigenvalue weighted by Crippen LogP contribution is 2.27. The van der Waals surface area contributed by atoms with Crippen molar-refractivity contribution in [2.45, 2.75) is 6.92 Å². The van der Waals surface area contributed by atoms with Crippen molar-refractivity contribution in [1.82, 2.24) is 0 Å². The summed E-state index contributed by atoms with van der Waals surface area (Å²) in [6.45, 7) is 2.32. The van der Waals surface area contributed by atoms with Crippen LogP contribution in [0.15, 0.2) is 48.5 Å². The lowest BCUT2D eigenvalue weighted by atomic mass is 10.2. The van der Waals surface area contributed by atoms with Crippen LogP contribution >= 0.6 is 0 Å². The van der Waals surface area contributed by atoms with Crippen molar-refractivity contribution in [2.24, 2.45) is 0 Å². The third-order valence-electron chi connectivity index (χ3n) is 2.43. The molecular weight excluding hydrogens is 247 g/mol. The molecule has 0 saturated carbocycles. The van der Waals surface area contributed by atoms with Crippen molar-refractivity contribution >= 4 is 5.97 Å². The van der Waals surface area contributed by atoms with Crippen LogP contribution in [0.3, 0.4) is 0 Å². The molecule has 0 aliphatic rings. The van der Waals surface area contributed by atoms with Gasteiger partial charge in [0.25, 0.3) is 0 Å². The second-order valence-corrected chi connectivity index (χ2v) is 3.78. The van der Waals surface area contributed by atoms with Gasteiger partial charge in [-0.25, -0.2) is 9.18 Å². The molecule has 0 unspecified atom stereocenters. The fourth-order valence-electron chi connectivity index (χ4n) is 1.55. The topological polar surface area (TPSA) is 35.5 Å². The molecule has 0 aromatic heterocycles. The summed E-state index contributed by atoms with van der Waals surface area (Å²) in [6.07, 6.45) is 0. The van der Waals surface area contributed by atoms with Crippen LogP contribution in [0.2, 0.25) is 0 Å². The van der Waals surface area contributed by atoms with E-state index in [0.29, 0.717) is 18.1 Å². The lowest BCUT2D eigenvalue weighted by Gasteiger charge is -2.10. The van der Waals surface area contributed by atoms with Gasteiger partial charge in [-0.15, -0.1) is 0 Å². The van der Waals surface area contributed by atoms with Gasteiger partial charge in [0.1, 0.15) is 5.82 Å². The largest absolute Gasteiger partial charge is 0.490 e. The normalized spacial score (nSPS) is 10.0. The Morgan fingerprint density at radius 1 is 1.05 bits per heavy atom. The molecule has 0 N–H and O–H groups in total. The van der Waals surface area contributed by atoms with Crippen molar-refractivity contribution in [1.29, 1.82) is 0 Å². The third kappa shape index (κ3) is 3.31. The molecular formula is C15H13FO3. The highest BCUT2D eigenvalue weighted by atomic mass is 19.1. The molecule has 19 heavy (non-hydrogen) atoms. The van der Waals surface area contributed by atoms with Crippen LogP contribution in [0.1, 0.15) is 17.3 Å². The summed E-state index contributed by atoms with van der Waals surface area (Å²) < 4.78 is 23.4. The minimum atomic E-state index is -0.549. The summed E-state index contributed by atoms with van der Waals surface area (Å²) in [7, 11) is 0. The number of hydrogen-bond donors (Lipinski definition) is 0.